The average molecular weight is 613 g/mol. The van der Waals surface area contributed by atoms with Crippen molar-refractivity contribution >= 4 is 44.6 Å². The first kappa shape index (κ1) is 28.5. The molecule has 2 aromatic heterocycles. The van der Waals surface area contributed by atoms with Crippen molar-refractivity contribution in [2.75, 3.05) is 9.80 Å². The second-order valence-electron chi connectivity index (χ2n) is 13.0. The molecule has 0 radical (unpaired) electrons. The fourth-order valence-electron chi connectivity index (χ4n) is 6.63. The number of pyridine rings is 1. The van der Waals surface area contributed by atoms with Crippen molar-refractivity contribution in [2.45, 2.75) is 26.2 Å². The number of fused-ring (bicyclic) bond motifs is 4. The molecule has 0 N–H and O–H groups in total. The number of hydrogen-bond acceptors (Lipinski definition) is 3. The van der Waals surface area contributed by atoms with Gasteiger partial charge < -0.3 is 9.30 Å². The number of nitrogens with zero attached hydrogens (tertiary/aromatic N) is 4. The molecule has 230 valence electrons. The van der Waals surface area contributed by atoms with Gasteiger partial charge in [-0.25, -0.2) is 4.57 Å². The molecule has 0 fully saturated rings. The molecular formula is C42H36N4O. The molecule has 0 aliphatic carbocycles. The van der Waals surface area contributed by atoms with E-state index in [1.165, 1.54) is 10.9 Å². The van der Waals surface area contributed by atoms with Gasteiger partial charge in [0.1, 0.15) is 28.4 Å². The van der Waals surface area contributed by atoms with Gasteiger partial charge in [-0.2, -0.15) is 0 Å². The van der Waals surface area contributed by atoms with Crippen LogP contribution < -0.4 is 19.1 Å². The van der Waals surface area contributed by atoms with Gasteiger partial charge in [0.05, 0.1) is 17.1 Å². The van der Waals surface area contributed by atoms with E-state index in [2.05, 4.69) is 164 Å². The summed E-state index contributed by atoms with van der Waals surface area (Å²) in [5.41, 5.74) is 7.64. The van der Waals surface area contributed by atoms with Gasteiger partial charge in [0.2, 0.25) is 0 Å². The predicted octanol–water partition coefficient (Wildman–Crippen LogP) is 10.6. The largest absolute Gasteiger partial charge is 0.457 e. The summed E-state index contributed by atoms with van der Waals surface area (Å²) in [6.45, 7) is 11.2. The number of benzene rings is 5. The summed E-state index contributed by atoms with van der Waals surface area (Å²) in [7, 11) is 4.35. The number of aromatic nitrogens is 2. The van der Waals surface area contributed by atoms with Crippen LogP contribution in [0.1, 0.15) is 26.3 Å². The number of hydrogen-bond donors (Lipinski definition) is 0. The van der Waals surface area contributed by atoms with Crippen molar-refractivity contribution < 1.29 is 9.30 Å². The fourth-order valence-corrected chi connectivity index (χ4v) is 6.63. The molecule has 0 spiro atoms. The summed E-state index contributed by atoms with van der Waals surface area (Å²) in [5, 5.41) is 2.35. The first-order chi connectivity index (χ1) is 22.8. The van der Waals surface area contributed by atoms with Crippen molar-refractivity contribution in [3.63, 3.8) is 0 Å². The third-order valence-electron chi connectivity index (χ3n) is 8.96. The molecule has 5 heteroatoms. The highest BCUT2D eigenvalue weighted by molar-refractivity contribution is 6.09. The lowest BCUT2D eigenvalue weighted by atomic mass is 9.88. The Morgan fingerprint density at radius 2 is 1.26 bits per heavy atom. The standard InChI is InChI=1S/C42H36N4O/c1-29-44(31-14-7-6-8-15-31)38-20-11-12-21-39(38)45(29)32-16-13-17-33(27-32)47-34-22-23-36-35-18-9-10-19-37(35)46(40(36)28-34)41-26-30(42(2,3)4)24-25-43(41)5/h6-28H,1,5H2,2-4H3. The molecule has 5 nitrogen and oxygen atoms in total. The van der Waals surface area contributed by atoms with Crippen molar-refractivity contribution in [1.29, 1.82) is 0 Å². The lowest BCUT2D eigenvalue weighted by Crippen LogP contribution is -2.32. The molecule has 0 saturated heterocycles. The second kappa shape index (κ2) is 10.8. The van der Waals surface area contributed by atoms with E-state index in [0.717, 1.165) is 62.3 Å². The Bertz CT molecular complexity index is 2310. The normalized spacial score (nSPS) is 13.0. The summed E-state index contributed by atoms with van der Waals surface area (Å²) >= 11 is 0. The van der Waals surface area contributed by atoms with Gasteiger partial charge in [0, 0.05) is 28.6 Å². The molecule has 0 bridgehead atoms. The summed E-state index contributed by atoms with van der Waals surface area (Å²) in [5.74, 6) is 3.36. The van der Waals surface area contributed by atoms with E-state index in [4.69, 9.17) is 4.74 Å². The molecule has 5 aromatic carbocycles. The molecule has 0 atom stereocenters. The summed E-state index contributed by atoms with van der Waals surface area (Å²) in [6.07, 6.45) is 2.05. The van der Waals surface area contributed by atoms with Crippen molar-refractivity contribution in [3.05, 3.63) is 165 Å². The highest BCUT2D eigenvalue weighted by Gasteiger charge is 2.32. The minimum absolute atomic E-state index is 0.000340. The van der Waals surface area contributed by atoms with Gasteiger partial charge in [-0.05, 0) is 85.4 Å². The van der Waals surface area contributed by atoms with E-state index in [1.54, 1.807) is 0 Å². The average Bonchev–Trinajstić information content (AvgIpc) is 3.56. The van der Waals surface area contributed by atoms with Gasteiger partial charge in [0.25, 0.3) is 0 Å². The van der Waals surface area contributed by atoms with Crippen LogP contribution in [0.25, 0.3) is 27.6 Å². The van der Waals surface area contributed by atoms with Gasteiger partial charge >= 0.3 is 0 Å². The zero-order valence-corrected chi connectivity index (χ0v) is 26.9. The highest BCUT2D eigenvalue weighted by atomic mass is 16.5. The maximum Gasteiger partial charge on any atom is 0.184 e. The molecule has 8 rings (SSSR count). The first-order valence-corrected chi connectivity index (χ1v) is 15.9. The van der Waals surface area contributed by atoms with Gasteiger partial charge in [0.15, 0.2) is 5.82 Å². The highest BCUT2D eigenvalue weighted by Crippen LogP contribution is 2.49. The van der Waals surface area contributed by atoms with Crippen molar-refractivity contribution in [3.8, 4) is 17.3 Å². The molecule has 0 unspecified atom stereocenters. The number of rotatable bonds is 5. The minimum Gasteiger partial charge on any atom is -0.457 e. The third-order valence-corrected chi connectivity index (χ3v) is 8.96. The Hall–Kier alpha value is -5.94. The molecular weight excluding hydrogens is 576 g/mol. The smallest absolute Gasteiger partial charge is 0.184 e. The van der Waals surface area contributed by atoms with E-state index in [9.17, 15) is 0 Å². The Morgan fingerprint density at radius 1 is 0.617 bits per heavy atom. The van der Waals surface area contributed by atoms with Gasteiger partial charge in [-0.15, -0.1) is 0 Å². The van der Waals surface area contributed by atoms with Crippen LogP contribution in [-0.4, -0.2) is 4.57 Å². The first-order valence-electron chi connectivity index (χ1n) is 15.9. The molecule has 0 saturated carbocycles. The minimum atomic E-state index is 0.000340. The van der Waals surface area contributed by atoms with Gasteiger partial charge in [-0.1, -0.05) is 87.5 Å². The fraction of sp³-hybridized carbons (Fsp3) is 0.0952. The number of ether oxygens (including phenoxy) is 1. The zero-order valence-electron chi connectivity index (χ0n) is 26.9. The zero-order chi connectivity index (χ0) is 32.3. The van der Waals surface area contributed by atoms with Crippen molar-refractivity contribution in [1.82, 2.24) is 4.57 Å². The number of para-hydroxylation sites is 4. The van der Waals surface area contributed by atoms with Crippen LogP contribution in [0, 0.1) is 7.05 Å². The lowest BCUT2D eigenvalue weighted by molar-refractivity contribution is -0.606. The molecule has 1 aliphatic rings. The third kappa shape index (κ3) is 4.79. The molecule has 1 aliphatic heterocycles. The number of anilines is 4. The Morgan fingerprint density at radius 3 is 2.02 bits per heavy atom. The van der Waals surface area contributed by atoms with Crippen molar-refractivity contribution in [2.24, 2.45) is 0 Å². The van der Waals surface area contributed by atoms with Crippen LogP contribution in [-0.2, 0) is 5.41 Å². The second-order valence-corrected chi connectivity index (χ2v) is 13.0. The van der Waals surface area contributed by atoms with E-state index in [0.29, 0.717) is 0 Å². The predicted molar refractivity (Wildman–Crippen MR) is 193 cm³/mol. The van der Waals surface area contributed by atoms with Crippen LogP contribution in [0.3, 0.4) is 0 Å². The van der Waals surface area contributed by atoms with Gasteiger partial charge in [-0.3, -0.25) is 9.80 Å². The quantitative estimate of drug-likeness (QED) is 0.143. The maximum absolute atomic E-state index is 6.61. The maximum atomic E-state index is 6.61. The summed E-state index contributed by atoms with van der Waals surface area (Å²) < 4.78 is 10.8. The SMILES string of the molecule is C=C1N(c2ccccc2)c2ccccc2N1c1cccc(Oc2ccc3c4ccccc4n(-c4cc(C(C)(C)C)cc[n+]4[CH2-])c3c2)c1. The van der Waals surface area contributed by atoms with E-state index >= 15 is 0 Å². The molecule has 7 aromatic rings. The lowest BCUT2D eigenvalue weighted by Gasteiger charge is -2.25. The molecule has 3 heterocycles. The van der Waals surface area contributed by atoms with Crippen LogP contribution in [0.2, 0.25) is 0 Å². The topological polar surface area (TPSA) is 24.5 Å². The Balaban J connectivity index is 1.20. The summed E-state index contributed by atoms with van der Waals surface area (Å²) in [6, 6.07) is 46.2. The van der Waals surface area contributed by atoms with Crippen LogP contribution >= 0.6 is 0 Å². The molecule has 47 heavy (non-hydrogen) atoms. The monoisotopic (exact) mass is 612 g/mol. The molecule has 0 amide bonds. The van der Waals surface area contributed by atoms with E-state index in [-0.39, 0.29) is 5.41 Å². The van der Waals surface area contributed by atoms with Crippen LogP contribution in [0.5, 0.6) is 11.5 Å². The Kier molecular flexibility index (Phi) is 6.58. The van der Waals surface area contributed by atoms with E-state index in [1.807, 2.05) is 29.0 Å². The van der Waals surface area contributed by atoms with Crippen LogP contribution in [0.15, 0.2) is 152 Å². The van der Waals surface area contributed by atoms with E-state index < -0.39 is 0 Å². The van der Waals surface area contributed by atoms with Crippen LogP contribution in [0.4, 0.5) is 22.7 Å². The summed E-state index contributed by atoms with van der Waals surface area (Å²) in [4.78, 5) is 4.38. The Labute approximate surface area is 275 Å².